The smallest absolute Gasteiger partial charge is 0.210 e. The first-order chi connectivity index (χ1) is 12.1. The van der Waals surface area contributed by atoms with E-state index >= 15 is 0 Å². The highest BCUT2D eigenvalue weighted by Gasteiger charge is 2.24. The number of ether oxygens (including phenoxy) is 1. The predicted molar refractivity (Wildman–Crippen MR) is 105 cm³/mol. The summed E-state index contributed by atoms with van der Waals surface area (Å²) >= 11 is 3.35. The summed E-state index contributed by atoms with van der Waals surface area (Å²) < 4.78 is 6.92. The van der Waals surface area contributed by atoms with Gasteiger partial charge in [-0.3, -0.25) is 0 Å². The molecule has 0 radical (unpaired) electrons. The molecule has 1 saturated heterocycles. The molecule has 2 atom stereocenters. The van der Waals surface area contributed by atoms with Crippen LogP contribution in [0.25, 0.3) is 0 Å². The fourth-order valence-electron chi connectivity index (χ4n) is 2.97. The van der Waals surface area contributed by atoms with E-state index in [0.29, 0.717) is 6.10 Å². The number of aryl methyl sites for hydroxylation is 1. The summed E-state index contributed by atoms with van der Waals surface area (Å²) in [5, 5.41) is 12.7. The molecule has 1 unspecified atom stereocenters. The molecule has 7 heteroatoms. The number of benzene rings is 1. The second kappa shape index (κ2) is 8.98. The van der Waals surface area contributed by atoms with Gasteiger partial charge < -0.3 is 15.0 Å². The van der Waals surface area contributed by atoms with Crippen molar-refractivity contribution in [2.24, 2.45) is 5.92 Å². The highest BCUT2D eigenvalue weighted by molar-refractivity contribution is 8.01. The second-order valence-corrected chi connectivity index (χ2v) is 9.21. The number of morpholine rings is 1. The van der Waals surface area contributed by atoms with Crippen molar-refractivity contribution in [2.75, 3.05) is 37.3 Å². The Morgan fingerprint density at radius 2 is 2.12 bits per heavy atom. The summed E-state index contributed by atoms with van der Waals surface area (Å²) in [5.41, 5.74) is 2.29. The fraction of sp³-hybridized carbons (Fsp3) is 0.556. The molecule has 0 amide bonds. The van der Waals surface area contributed by atoms with E-state index in [1.807, 2.05) is 0 Å². The summed E-state index contributed by atoms with van der Waals surface area (Å²) in [7, 11) is 0. The van der Waals surface area contributed by atoms with Crippen LogP contribution in [-0.4, -0.2) is 48.3 Å². The number of quaternary nitrogens is 1. The van der Waals surface area contributed by atoms with Gasteiger partial charge in [-0.15, -0.1) is 10.2 Å². The Morgan fingerprint density at radius 1 is 1.32 bits per heavy atom. The number of rotatable bonds is 7. The average molecular weight is 380 g/mol. The molecule has 2 aromatic rings. The van der Waals surface area contributed by atoms with Crippen LogP contribution in [0.1, 0.15) is 19.4 Å². The Balaban J connectivity index is 1.47. The lowest BCUT2D eigenvalue weighted by molar-refractivity contribution is -0.914. The van der Waals surface area contributed by atoms with Gasteiger partial charge in [-0.2, -0.15) is 0 Å². The normalized spacial score (nSPS) is 20.8. The molecule has 2 N–H and O–H groups in total. The van der Waals surface area contributed by atoms with Crippen molar-refractivity contribution in [2.45, 2.75) is 31.2 Å². The lowest BCUT2D eigenvalue weighted by Crippen LogP contribution is -3.15. The van der Waals surface area contributed by atoms with E-state index in [0.717, 1.165) is 46.5 Å². The fourth-order valence-corrected chi connectivity index (χ4v) is 4.78. The maximum Gasteiger partial charge on any atom is 0.210 e. The minimum absolute atomic E-state index is 0.310. The lowest BCUT2D eigenvalue weighted by Gasteiger charge is -2.30. The SMILES string of the molecule is Cc1ccc(Nc2nnc(SC[C@H]3C[NH+](CC(C)C)CCO3)s2)cc1. The summed E-state index contributed by atoms with van der Waals surface area (Å²) in [5.74, 6) is 1.68. The molecule has 1 aliphatic rings. The van der Waals surface area contributed by atoms with Crippen molar-refractivity contribution in [3.63, 3.8) is 0 Å². The van der Waals surface area contributed by atoms with Crippen LogP contribution in [0, 0.1) is 12.8 Å². The van der Waals surface area contributed by atoms with Gasteiger partial charge in [0.15, 0.2) is 4.34 Å². The third-order valence-electron chi connectivity index (χ3n) is 4.12. The Kier molecular flexibility index (Phi) is 6.70. The van der Waals surface area contributed by atoms with Gasteiger partial charge >= 0.3 is 0 Å². The number of hydrogen-bond donors (Lipinski definition) is 2. The topological polar surface area (TPSA) is 51.5 Å². The first-order valence-corrected chi connectivity index (χ1v) is 10.6. The van der Waals surface area contributed by atoms with Crippen LogP contribution >= 0.6 is 23.1 Å². The maximum absolute atomic E-state index is 5.92. The molecular formula is C18H27N4OS2+. The predicted octanol–water partition coefficient (Wildman–Crippen LogP) is 2.62. The molecule has 0 aliphatic carbocycles. The van der Waals surface area contributed by atoms with Crippen molar-refractivity contribution in [3.8, 4) is 0 Å². The van der Waals surface area contributed by atoms with Crippen molar-refractivity contribution in [1.29, 1.82) is 0 Å². The molecule has 1 fully saturated rings. The van der Waals surface area contributed by atoms with Crippen LogP contribution in [0.2, 0.25) is 0 Å². The van der Waals surface area contributed by atoms with Gasteiger partial charge in [0.1, 0.15) is 19.2 Å². The minimum atomic E-state index is 0.310. The molecule has 0 spiro atoms. The summed E-state index contributed by atoms with van der Waals surface area (Å²) in [4.78, 5) is 1.66. The Hall–Kier alpha value is -1.15. The van der Waals surface area contributed by atoms with Crippen molar-refractivity contribution >= 4 is 33.9 Å². The van der Waals surface area contributed by atoms with Gasteiger partial charge in [-0.1, -0.05) is 54.6 Å². The number of hydrogen-bond acceptors (Lipinski definition) is 6. The zero-order chi connectivity index (χ0) is 17.6. The number of nitrogens with zero attached hydrogens (tertiary/aromatic N) is 2. The zero-order valence-electron chi connectivity index (χ0n) is 15.1. The molecule has 25 heavy (non-hydrogen) atoms. The summed E-state index contributed by atoms with van der Waals surface area (Å²) in [6.07, 6.45) is 0.310. The molecule has 5 nitrogen and oxygen atoms in total. The van der Waals surface area contributed by atoms with Gasteiger partial charge in [0.2, 0.25) is 5.13 Å². The maximum atomic E-state index is 5.92. The Labute approximate surface area is 158 Å². The van der Waals surface area contributed by atoms with Crippen molar-refractivity contribution in [1.82, 2.24) is 10.2 Å². The minimum Gasteiger partial charge on any atom is -0.366 e. The van der Waals surface area contributed by atoms with E-state index in [4.69, 9.17) is 4.74 Å². The van der Waals surface area contributed by atoms with Crippen molar-refractivity contribution < 1.29 is 9.64 Å². The first kappa shape index (κ1) is 18.6. The van der Waals surface area contributed by atoms with E-state index in [9.17, 15) is 0 Å². The molecular weight excluding hydrogens is 352 g/mol. The number of nitrogens with one attached hydrogen (secondary N) is 2. The highest BCUT2D eigenvalue weighted by Crippen LogP contribution is 2.28. The number of anilines is 2. The van der Waals surface area contributed by atoms with Crippen LogP contribution < -0.4 is 10.2 Å². The van der Waals surface area contributed by atoms with Gasteiger partial charge in [0, 0.05) is 17.4 Å². The molecule has 1 aliphatic heterocycles. The molecule has 0 saturated carbocycles. The van der Waals surface area contributed by atoms with E-state index in [1.165, 1.54) is 12.1 Å². The molecule has 136 valence electrons. The average Bonchev–Trinajstić information content (AvgIpc) is 3.02. The summed E-state index contributed by atoms with van der Waals surface area (Å²) in [6, 6.07) is 8.30. The van der Waals surface area contributed by atoms with Crippen LogP contribution in [0.5, 0.6) is 0 Å². The largest absolute Gasteiger partial charge is 0.366 e. The van der Waals surface area contributed by atoms with Crippen LogP contribution in [-0.2, 0) is 4.74 Å². The van der Waals surface area contributed by atoms with E-state index in [-0.39, 0.29) is 0 Å². The van der Waals surface area contributed by atoms with Gasteiger partial charge in [-0.05, 0) is 19.1 Å². The third kappa shape index (κ3) is 5.95. The van der Waals surface area contributed by atoms with E-state index < -0.39 is 0 Å². The van der Waals surface area contributed by atoms with Gasteiger partial charge in [0.25, 0.3) is 0 Å². The molecule has 2 heterocycles. The third-order valence-corrected chi connectivity index (χ3v) is 6.23. The second-order valence-electron chi connectivity index (χ2n) is 6.97. The van der Waals surface area contributed by atoms with Gasteiger partial charge in [0.05, 0.1) is 13.2 Å². The van der Waals surface area contributed by atoms with E-state index in [2.05, 4.69) is 60.6 Å². The highest BCUT2D eigenvalue weighted by atomic mass is 32.2. The molecule has 0 bridgehead atoms. The zero-order valence-corrected chi connectivity index (χ0v) is 16.8. The van der Waals surface area contributed by atoms with Gasteiger partial charge in [-0.25, -0.2) is 0 Å². The van der Waals surface area contributed by atoms with E-state index in [1.54, 1.807) is 28.0 Å². The monoisotopic (exact) mass is 379 g/mol. The van der Waals surface area contributed by atoms with Crippen LogP contribution in [0.15, 0.2) is 28.6 Å². The van der Waals surface area contributed by atoms with Crippen LogP contribution in [0.3, 0.4) is 0 Å². The molecule has 3 rings (SSSR count). The lowest BCUT2D eigenvalue weighted by atomic mass is 10.2. The summed E-state index contributed by atoms with van der Waals surface area (Å²) in [6.45, 7) is 11.0. The quantitative estimate of drug-likeness (QED) is 0.725. The first-order valence-electron chi connectivity index (χ1n) is 8.83. The van der Waals surface area contributed by atoms with Crippen molar-refractivity contribution in [3.05, 3.63) is 29.8 Å². The number of aromatic nitrogens is 2. The Bertz CT molecular complexity index is 659. The standard InChI is InChI=1S/C18H26N4OS2/c1-13(2)10-22-8-9-23-16(11-22)12-24-18-21-20-17(25-18)19-15-6-4-14(3)5-7-15/h4-7,13,16H,8-12H2,1-3H3,(H,19,20)/p+1/t16-/m1/s1. The Morgan fingerprint density at radius 3 is 2.88 bits per heavy atom. The molecule has 1 aromatic heterocycles. The number of thioether (sulfide) groups is 1. The van der Waals surface area contributed by atoms with Crippen LogP contribution in [0.4, 0.5) is 10.8 Å². The molecule has 1 aromatic carbocycles.